The SMILES string of the molecule is c1ccc(-c2cccc(-c3nc4nc(-c5ccc(-n6c7cccc8c9ccccc9n9c%10ccccc%10c%10ccc6c(c87)c%109)cc5)nn4c4ccccc34)c2)cc1. The first-order valence-corrected chi connectivity index (χ1v) is 19.3. The Morgan fingerprint density at radius 1 is 0.368 bits per heavy atom. The van der Waals surface area contributed by atoms with E-state index in [2.05, 4.69) is 179 Å². The number of benzene rings is 8. The summed E-state index contributed by atoms with van der Waals surface area (Å²) >= 11 is 0. The van der Waals surface area contributed by atoms with Crippen LogP contribution >= 0.6 is 0 Å². The Bertz CT molecular complexity index is 3740. The first-order valence-electron chi connectivity index (χ1n) is 19.3. The molecule has 8 aromatic carbocycles. The van der Waals surface area contributed by atoms with Gasteiger partial charge in [-0.2, -0.15) is 9.50 Å². The highest BCUT2D eigenvalue weighted by molar-refractivity contribution is 6.33. The van der Waals surface area contributed by atoms with Gasteiger partial charge in [-0.25, -0.2) is 4.98 Å². The Balaban J connectivity index is 0.984. The maximum atomic E-state index is 5.14. The topological polar surface area (TPSA) is 52.4 Å². The molecule has 0 saturated heterocycles. The van der Waals surface area contributed by atoms with Crippen LogP contribution in [0.4, 0.5) is 0 Å². The van der Waals surface area contributed by atoms with Crippen molar-refractivity contribution in [2.75, 3.05) is 0 Å². The van der Waals surface area contributed by atoms with E-state index in [1.807, 2.05) is 16.6 Å². The van der Waals surface area contributed by atoms with Crippen molar-refractivity contribution in [1.82, 2.24) is 28.5 Å². The predicted molar refractivity (Wildman–Crippen MR) is 234 cm³/mol. The van der Waals surface area contributed by atoms with Crippen molar-refractivity contribution in [3.8, 4) is 39.5 Å². The van der Waals surface area contributed by atoms with E-state index >= 15 is 0 Å². The van der Waals surface area contributed by atoms with Crippen molar-refractivity contribution >= 4 is 76.6 Å². The monoisotopic (exact) mass is 726 g/mol. The Labute approximate surface area is 325 Å². The molecule has 0 saturated carbocycles. The number of nitrogens with zero attached hydrogens (tertiary/aromatic N) is 6. The van der Waals surface area contributed by atoms with Crippen LogP contribution < -0.4 is 0 Å². The molecule has 5 heterocycles. The van der Waals surface area contributed by atoms with Crippen LogP contribution in [0.25, 0.3) is 116 Å². The van der Waals surface area contributed by atoms with Gasteiger partial charge in [0, 0.05) is 49.1 Å². The maximum absolute atomic E-state index is 5.14. The molecule has 0 bridgehead atoms. The van der Waals surface area contributed by atoms with Gasteiger partial charge in [-0.05, 0) is 77.2 Å². The standard InChI is InChI=1S/C51H30N6/c1-2-12-31(13-3-1)33-14-10-15-34(30-33)48-40-18-6-9-22-43(40)57-51(52-48)53-50(54-57)32-24-26-35(27-25-32)55-44-23-11-19-38-36-16-4-7-20-41(36)56-42-21-8-5-17-37(42)39-28-29-45(55)47(46(38)44)49(39)56/h1-30H. The van der Waals surface area contributed by atoms with Crippen molar-refractivity contribution in [1.29, 1.82) is 0 Å². The molecule has 0 amide bonds. The van der Waals surface area contributed by atoms with Gasteiger partial charge in [-0.3, -0.25) is 0 Å². The minimum Gasteiger partial charge on any atom is -0.309 e. The molecule has 0 radical (unpaired) electrons. The fourth-order valence-corrected chi connectivity index (χ4v) is 9.38. The molecule has 0 aliphatic rings. The summed E-state index contributed by atoms with van der Waals surface area (Å²) in [5, 5.41) is 13.7. The zero-order valence-electron chi connectivity index (χ0n) is 30.5. The molecule has 0 atom stereocenters. The average molecular weight is 727 g/mol. The molecule has 0 spiro atoms. The zero-order valence-corrected chi connectivity index (χ0v) is 30.5. The molecule has 13 rings (SSSR count). The second-order valence-electron chi connectivity index (χ2n) is 14.9. The van der Waals surface area contributed by atoms with Crippen LogP contribution in [0.2, 0.25) is 0 Å². The summed E-state index contributed by atoms with van der Waals surface area (Å²) in [4.78, 5) is 10.2. The molecular formula is C51H30N6. The van der Waals surface area contributed by atoms with Crippen LogP contribution in [0.5, 0.6) is 0 Å². The summed E-state index contributed by atoms with van der Waals surface area (Å²) in [5.74, 6) is 1.20. The van der Waals surface area contributed by atoms with E-state index in [1.54, 1.807) is 0 Å². The first kappa shape index (κ1) is 30.5. The first-order chi connectivity index (χ1) is 28.3. The lowest BCUT2D eigenvalue weighted by Crippen LogP contribution is -1.97. The van der Waals surface area contributed by atoms with Gasteiger partial charge < -0.3 is 8.97 Å². The predicted octanol–water partition coefficient (Wildman–Crippen LogP) is 12.5. The molecule has 13 aromatic rings. The molecule has 264 valence electrons. The molecule has 5 aromatic heterocycles. The smallest absolute Gasteiger partial charge is 0.253 e. The molecule has 0 aliphatic heterocycles. The van der Waals surface area contributed by atoms with Crippen molar-refractivity contribution in [3.63, 3.8) is 0 Å². The van der Waals surface area contributed by atoms with E-state index in [9.17, 15) is 0 Å². The number of fused-ring (bicyclic) bond motifs is 9. The van der Waals surface area contributed by atoms with Crippen molar-refractivity contribution < 1.29 is 0 Å². The largest absolute Gasteiger partial charge is 0.309 e. The second kappa shape index (κ2) is 11.4. The van der Waals surface area contributed by atoms with Crippen LogP contribution in [-0.4, -0.2) is 28.5 Å². The molecule has 0 N–H and O–H groups in total. The third-order valence-electron chi connectivity index (χ3n) is 11.8. The second-order valence-corrected chi connectivity index (χ2v) is 14.9. The van der Waals surface area contributed by atoms with Gasteiger partial charge in [-0.15, -0.1) is 5.10 Å². The van der Waals surface area contributed by atoms with Crippen LogP contribution in [-0.2, 0) is 0 Å². The minimum absolute atomic E-state index is 0.567. The fourth-order valence-electron chi connectivity index (χ4n) is 9.38. The highest BCUT2D eigenvalue weighted by Gasteiger charge is 2.23. The van der Waals surface area contributed by atoms with E-state index in [0.717, 1.165) is 39.0 Å². The molecule has 0 fully saturated rings. The van der Waals surface area contributed by atoms with Gasteiger partial charge in [0.25, 0.3) is 5.78 Å². The average Bonchev–Trinajstić information content (AvgIpc) is 3.94. The summed E-state index contributed by atoms with van der Waals surface area (Å²) in [6.45, 7) is 0. The summed E-state index contributed by atoms with van der Waals surface area (Å²) in [7, 11) is 0. The summed E-state index contributed by atoms with van der Waals surface area (Å²) in [5.41, 5.74) is 13.3. The lowest BCUT2D eigenvalue weighted by Gasteiger charge is -2.09. The normalized spacial score (nSPS) is 12.2. The Morgan fingerprint density at radius 2 is 0.982 bits per heavy atom. The van der Waals surface area contributed by atoms with Gasteiger partial charge in [0.1, 0.15) is 0 Å². The summed E-state index contributed by atoms with van der Waals surface area (Å²) in [6.07, 6.45) is 0. The van der Waals surface area contributed by atoms with Crippen molar-refractivity contribution in [2.45, 2.75) is 0 Å². The Hall–Kier alpha value is -7.83. The van der Waals surface area contributed by atoms with E-state index in [4.69, 9.17) is 15.1 Å². The van der Waals surface area contributed by atoms with E-state index in [1.165, 1.54) is 65.5 Å². The van der Waals surface area contributed by atoms with Crippen LogP contribution in [0.3, 0.4) is 0 Å². The molecule has 6 nitrogen and oxygen atoms in total. The number of hydrogen-bond acceptors (Lipinski definition) is 3. The van der Waals surface area contributed by atoms with Gasteiger partial charge in [0.2, 0.25) is 0 Å². The fraction of sp³-hybridized carbons (Fsp3) is 0. The van der Waals surface area contributed by atoms with Crippen molar-refractivity contribution in [3.05, 3.63) is 182 Å². The maximum Gasteiger partial charge on any atom is 0.253 e. The van der Waals surface area contributed by atoms with E-state index in [0.29, 0.717) is 11.6 Å². The third kappa shape index (κ3) is 4.21. The van der Waals surface area contributed by atoms with Gasteiger partial charge in [0.15, 0.2) is 5.82 Å². The zero-order chi connectivity index (χ0) is 37.2. The van der Waals surface area contributed by atoms with Gasteiger partial charge in [0.05, 0.1) is 38.8 Å². The van der Waals surface area contributed by atoms with Crippen LogP contribution in [0, 0.1) is 0 Å². The van der Waals surface area contributed by atoms with Gasteiger partial charge in [-0.1, -0.05) is 121 Å². The highest BCUT2D eigenvalue weighted by atomic mass is 15.3. The Morgan fingerprint density at radius 3 is 1.79 bits per heavy atom. The summed E-state index contributed by atoms with van der Waals surface area (Å²) in [6, 6.07) is 64.9. The van der Waals surface area contributed by atoms with Gasteiger partial charge >= 0.3 is 0 Å². The molecule has 6 heteroatoms. The lowest BCUT2D eigenvalue weighted by molar-refractivity contribution is 0.988. The molecule has 0 unspecified atom stereocenters. The third-order valence-corrected chi connectivity index (χ3v) is 11.8. The number of para-hydroxylation sites is 3. The highest BCUT2D eigenvalue weighted by Crippen LogP contribution is 2.45. The lowest BCUT2D eigenvalue weighted by atomic mass is 10.00. The minimum atomic E-state index is 0.567. The van der Waals surface area contributed by atoms with E-state index in [-0.39, 0.29) is 0 Å². The molecular weight excluding hydrogens is 697 g/mol. The van der Waals surface area contributed by atoms with Crippen molar-refractivity contribution in [2.24, 2.45) is 0 Å². The molecule has 0 aliphatic carbocycles. The number of rotatable bonds is 4. The number of aromatic nitrogens is 6. The number of hydrogen-bond donors (Lipinski definition) is 0. The van der Waals surface area contributed by atoms with E-state index < -0.39 is 0 Å². The van der Waals surface area contributed by atoms with Crippen LogP contribution in [0.15, 0.2) is 182 Å². The quantitative estimate of drug-likeness (QED) is 0.181. The summed E-state index contributed by atoms with van der Waals surface area (Å²) < 4.78 is 6.76. The van der Waals surface area contributed by atoms with Crippen LogP contribution in [0.1, 0.15) is 0 Å². The Kier molecular flexibility index (Phi) is 6.07. The molecule has 57 heavy (non-hydrogen) atoms.